The van der Waals surface area contributed by atoms with Gasteiger partial charge in [-0.05, 0) is 74.5 Å². The Balaban J connectivity index is 1.32. The number of benzene rings is 1. The van der Waals surface area contributed by atoms with E-state index in [-0.39, 0.29) is 0 Å². The fourth-order valence-electron chi connectivity index (χ4n) is 5.93. The summed E-state index contributed by atoms with van der Waals surface area (Å²) in [6.45, 7) is 6.42. The summed E-state index contributed by atoms with van der Waals surface area (Å²) in [6, 6.07) is 16.6. The third-order valence-corrected chi connectivity index (χ3v) is 8.19. The lowest BCUT2D eigenvalue weighted by Crippen LogP contribution is -2.44. The van der Waals surface area contributed by atoms with E-state index in [2.05, 4.69) is 86.1 Å². The van der Waals surface area contributed by atoms with Crippen LogP contribution in [-0.2, 0) is 12.0 Å². The SMILES string of the molecule is CCCCc1nn2ncccc2c1C1(c2cnn3ncccc23)C=CNC(Nc2ccc(N3CCN(C)CC3)cc2)=N1. The van der Waals surface area contributed by atoms with E-state index in [0.29, 0.717) is 5.96 Å². The van der Waals surface area contributed by atoms with Crippen molar-refractivity contribution >= 4 is 28.4 Å². The molecule has 0 amide bonds. The highest BCUT2D eigenvalue weighted by Gasteiger charge is 2.41. The Labute approximate surface area is 244 Å². The molecule has 1 aromatic carbocycles. The lowest BCUT2D eigenvalue weighted by atomic mass is 9.81. The number of anilines is 2. The molecule has 11 nitrogen and oxygen atoms in total. The van der Waals surface area contributed by atoms with Gasteiger partial charge >= 0.3 is 0 Å². The number of guanidine groups is 1. The average Bonchev–Trinajstić information content (AvgIpc) is 3.63. The minimum atomic E-state index is -0.911. The molecule has 2 aliphatic rings. The Morgan fingerprint density at radius 2 is 1.67 bits per heavy atom. The van der Waals surface area contributed by atoms with Crippen molar-refractivity contribution in [2.45, 2.75) is 31.7 Å². The number of likely N-dealkylation sites (N-methyl/N-ethyl adjacent to an activating group) is 1. The zero-order valence-corrected chi connectivity index (χ0v) is 24.0. The summed E-state index contributed by atoms with van der Waals surface area (Å²) in [6.07, 6.45) is 12.3. The van der Waals surface area contributed by atoms with Crippen LogP contribution in [0, 0.1) is 0 Å². The van der Waals surface area contributed by atoms with Crippen LogP contribution in [0.1, 0.15) is 36.6 Å². The van der Waals surface area contributed by atoms with Crippen molar-refractivity contribution < 1.29 is 0 Å². The zero-order chi connectivity index (χ0) is 28.5. The fourth-order valence-corrected chi connectivity index (χ4v) is 5.93. The standard InChI is InChI=1S/C31H35N11/c1-3-4-7-26-29(28-9-6-16-34-42(28)38-26)31(25-22-35-41-27(25)8-5-15-33-41)14-17-32-30(37-31)36-23-10-12-24(13-11-23)40-20-18-39(2)19-21-40/h5-6,8-17,22H,3-4,7,18-21H2,1-2H3,(H2,32,36,37). The number of aryl methyl sites for hydroxylation is 1. The van der Waals surface area contributed by atoms with E-state index in [1.807, 2.05) is 30.6 Å². The van der Waals surface area contributed by atoms with Crippen molar-refractivity contribution in [3.05, 3.63) is 96.2 Å². The van der Waals surface area contributed by atoms with E-state index >= 15 is 0 Å². The van der Waals surface area contributed by atoms with E-state index in [0.717, 1.165) is 79.0 Å². The second-order valence-corrected chi connectivity index (χ2v) is 10.9. The molecule has 2 aliphatic heterocycles. The first-order valence-electron chi connectivity index (χ1n) is 14.6. The molecule has 214 valence electrons. The van der Waals surface area contributed by atoms with Gasteiger partial charge in [0.25, 0.3) is 0 Å². The first-order chi connectivity index (χ1) is 20.6. The number of aliphatic imine (C=N–C) groups is 1. The number of piperazine rings is 1. The molecule has 1 unspecified atom stereocenters. The molecule has 2 N–H and O–H groups in total. The molecule has 1 atom stereocenters. The van der Waals surface area contributed by atoms with Gasteiger partial charge in [0.2, 0.25) is 5.96 Å². The molecule has 5 aromatic rings. The second kappa shape index (κ2) is 10.9. The molecule has 6 heterocycles. The Hall–Kier alpha value is -4.77. The number of unbranched alkanes of at least 4 members (excludes halogenated alkanes) is 1. The number of fused-ring (bicyclic) bond motifs is 2. The van der Waals surface area contributed by atoms with Gasteiger partial charge in [-0.3, -0.25) is 0 Å². The number of hydrogen-bond donors (Lipinski definition) is 2. The Bertz CT molecular complexity index is 1760. The van der Waals surface area contributed by atoms with Gasteiger partial charge in [-0.1, -0.05) is 13.3 Å². The summed E-state index contributed by atoms with van der Waals surface area (Å²) < 4.78 is 3.38. The first kappa shape index (κ1) is 26.1. The summed E-state index contributed by atoms with van der Waals surface area (Å²) >= 11 is 0. The molecule has 0 saturated carbocycles. The summed E-state index contributed by atoms with van der Waals surface area (Å²) in [7, 11) is 2.18. The first-order valence-corrected chi connectivity index (χ1v) is 14.6. The quantitative estimate of drug-likeness (QED) is 0.310. The highest BCUT2D eigenvalue weighted by atomic mass is 15.4. The van der Waals surface area contributed by atoms with Crippen LogP contribution in [0.3, 0.4) is 0 Å². The number of hydrogen-bond acceptors (Lipinski definition) is 9. The van der Waals surface area contributed by atoms with Crippen molar-refractivity contribution in [3.8, 4) is 0 Å². The van der Waals surface area contributed by atoms with Gasteiger partial charge in [0, 0.05) is 67.3 Å². The van der Waals surface area contributed by atoms with Crippen LogP contribution in [0.5, 0.6) is 0 Å². The third-order valence-electron chi connectivity index (χ3n) is 8.19. The van der Waals surface area contributed by atoms with Crippen LogP contribution in [0.25, 0.3) is 11.0 Å². The number of nitrogens with zero attached hydrogens (tertiary/aromatic N) is 9. The van der Waals surface area contributed by atoms with Gasteiger partial charge in [-0.25, -0.2) is 4.99 Å². The highest BCUT2D eigenvalue weighted by molar-refractivity contribution is 5.96. The van der Waals surface area contributed by atoms with Gasteiger partial charge in [0.15, 0.2) is 0 Å². The van der Waals surface area contributed by atoms with E-state index in [9.17, 15) is 0 Å². The van der Waals surface area contributed by atoms with Gasteiger partial charge in [0.1, 0.15) is 5.54 Å². The largest absolute Gasteiger partial charge is 0.369 e. The van der Waals surface area contributed by atoms with Gasteiger partial charge < -0.3 is 20.4 Å². The summed E-state index contributed by atoms with van der Waals surface area (Å²) in [5.74, 6) is 0.637. The predicted molar refractivity (Wildman–Crippen MR) is 165 cm³/mol. The van der Waals surface area contributed by atoms with E-state index in [1.165, 1.54) is 5.69 Å². The van der Waals surface area contributed by atoms with Gasteiger partial charge in [-0.2, -0.15) is 29.7 Å². The van der Waals surface area contributed by atoms with Crippen molar-refractivity contribution in [1.29, 1.82) is 0 Å². The van der Waals surface area contributed by atoms with Gasteiger partial charge in [0.05, 0.1) is 22.9 Å². The molecule has 0 aliphatic carbocycles. The van der Waals surface area contributed by atoms with Crippen molar-refractivity contribution in [3.63, 3.8) is 0 Å². The molecule has 4 aromatic heterocycles. The Morgan fingerprint density at radius 1 is 0.905 bits per heavy atom. The molecular formula is C31H35N11. The van der Waals surface area contributed by atoms with Crippen LogP contribution in [0.2, 0.25) is 0 Å². The van der Waals surface area contributed by atoms with Crippen molar-refractivity contribution in [2.75, 3.05) is 43.4 Å². The normalized spacial score (nSPS) is 19.3. The minimum Gasteiger partial charge on any atom is -0.369 e. The fraction of sp³-hybridized carbons (Fsp3) is 0.323. The summed E-state index contributed by atoms with van der Waals surface area (Å²) in [5, 5.41) is 25.4. The van der Waals surface area contributed by atoms with Gasteiger partial charge in [-0.15, -0.1) is 0 Å². The lowest BCUT2D eigenvalue weighted by Gasteiger charge is -2.34. The molecule has 1 fully saturated rings. The third kappa shape index (κ3) is 4.65. The number of aromatic nitrogens is 6. The second-order valence-electron chi connectivity index (χ2n) is 10.9. The van der Waals surface area contributed by atoms with E-state index in [4.69, 9.17) is 10.1 Å². The Kier molecular flexibility index (Phi) is 6.79. The molecule has 42 heavy (non-hydrogen) atoms. The van der Waals surface area contributed by atoms with Crippen LogP contribution >= 0.6 is 0 Å². The minimum absolute atomic E-state index is 0.637. The maximum Gasteiger partial charge on any atom is 0.201 e. The zero-order valence-electron chi connectivity index (χ0n) is 24.0. The van der Waals surface area contributed by atoms with Crippen LogP contribution in [0.4, 0.5) is 11.4 Å². The molecule has 7 rings (SSSR count). The monoisotopic (exact) mass is 561 g/mol. The van der Waals surface area contributed by atoms with E-state index in [1.54, 1.807) is 21.7 Å². The predicted octanol–water partition coefficient (Wildman–Crippen LogP) is 3.70. The maximum atomic E-state index is 5.41. The molecule has 0 spiro atoms. The maximum absolute atomic E-state index is 5.41. The molecule has 0 radical (unpaired) electrons. The number of rotatable bonds is 7. The van der Waals surface area contributed by atoms with E-state index < -0.39 is 5.54 Å². The van der Waals surface area contributed by atoms with Crippen LogP contribution in [-0.4, -0.2) is 73.7 Å². The molecule has 0 bridgehead atoms. The highest BCUT2D eigenvalue weighted by Crippen LogP contribution is 2.43. The summed E-state index contributed by atoms with van der Waals surface area (Å²) in [4.78, 5) is 10.2. The molecule has 1 saturated heterocycles. The molecule has 11 heteroatoms. The lowest BCUT2D eigenvalue weighted by molar-refractivity contribution is 0.313. The average molecular weight is 562 g/mol. The number of nitrogens with one attached hydrogen (secondary N) is 2. The smallest absolute Gasteiger partial charge is 0.201 e. The topological polar surface area (TPSA) is 103 Å². The van der Waals surface area contributed by atoms with Crippen LogP contribution in [0.15, 0.2) is 84.4 Å². The Morgan fingerprint density at radius 3 is 2.45 bits per heavy atom. The van der Waals surface area contributed by atoms with Crippen molar-refractivity contribution in [1.82, 2.24) is 39.9 Å². The van der Waals surface area contributed by atoms with Crippen molar-refractivity contribution in [2.24, 2.45) is 4.99 Å². The summed E-state index contributed by atoms with van der Waals surface area (Å²) in [5.41, 5.74) is 5.99. The van der Waals surface area contributed by atoms with Crippen LogP contribution < -0.4 is 15.5 Å². The molecular weight excluding hydrogens is 526 g/mol.